The van der Waals surface area contributed by atoms with Gasteiger partial charge < -0.3 is 5.43 Å². The number of hydrogen-bond donors (Lipinski definition) is 2. The smallest absolute Gasteiger partial charge is 0.269 e. The highest BCUT2D eigenvalue weighted by molar-refractivity contribution is 6.30. The molecule has 0 atom stereocenters. The molecular formula is C14H17ClN2O2. The largest absolute Gasteiger partial charge is 0.306 e. The molecule has 0 fully saturated rings. The number of amides is 1. The molecule has 0 bridgehead atoms. The topological polar surface area (TPSA) is 58.2 Å². The number of halogens is 1. The average Bonchev–Trinajstić information content (AvgIpc) is 2.33. The maximum Gasteiger partial charge on any atom is 0.269 e. The quantitative estimate of drug-likeness (QED) is 0.658. The molecule has 2 N–H and O–H groups in total. The summed E-state index contributed by atoms with van der Waals surface area (Å²) in [4.78, 5) is 23.2. The molecule has 102 valence electrons. The van der Waals surface area contributed by atoms with E-state index in [2.05, 4.69) is 10.9 Å². The van der Waals surface area contributed by atoms with Crippen LogP contribution >= 0.6 is 11.6 Å². The molecule has 4 nitrogen and oxygen atoms in total. The molecule has 0 radical (unpaired) electrons. The summed E-state index contributed by atoms with van der Waals surface area (Å²) >= 11 is 5.72. The van der Waals surface area contributed by atoms with Gasteiger partial charge in [-0.25, -0.2) is 0 Å². The minimum absolute atomic E-state index is 0.0271. The van der Waals surface area contributed by atoms with Crippen molar-refractivity contribution in [2.24, 2.45) is 5.41 Å². The lowest BCUT2D eigenvalue weighted by Gasteiger charge is -2.13. The van der Waals surface area contributed by atoms with E-state index in [1.807, 2.05) is 20.8 Å². The number of allylic oxidation sites excluding steroid dienone is 1. The Balaban J connectivity index is 2.46. The second kappa shape index (κ2) is 6.38. The van der Waals surface area contributed by atoms with Crippen LogP contribution in [0.4, 0.5) is 0 Å². The Morgan fingerprint density at radius 1 is 1.16 bits per heavy atom. The SMILES string of the molecule is CC(C)(C)C(=O)/C=C/NNC(=O)c1ccc(Cl)cc1. The van der Waals surface area contributed by atoms with Crippen LogP contribution in [0.3, 0.4) is 0 Å². The molecule has 0 heterocycles. The van der Waals surface area contributed by atoms with Gasteiger partial charge in [0.25, 0.3) is 5.91 Å². The summed E-state index contributed by atoms with van der Waals surface area (Å²) in [5.41, 5.74) is 5.07. The van der Waals surface area contributed by atoms with E-state index in [4.69, 9.17) is 11.6 Å². The Morgan fingerprint density at radius 3 is 2.26 bits per heavy atom. The summed E-state index contributed by atoms with van der Waals surface area (Å²) in [6.07, 6.45) is 2.80. The van der Waals surface area contributed by atoms with Crippen LogP contribution in [0.2, 0.25) is 5.02 Å². The number of carbonyl (C=O) groups excluding carboxylic acids is 2. The summed E-state index contributed by atoms with van der Waals surface area (Å²) in [6.45, 7) is 5.48. The molecule has 0 aliphatic carbocycles. The average molecular weight is 281 g/mol. The molecule has 0 saturated carbocycles. The molecule has 1 rings (SSSR count). The summed E-state index contributed by atoms with van der Waals surface area (Å²) in [5.74, 6) is -0.328. The monoisotopic (exact) mass is 280 g/mol. The van der Waals surface area contributed by atoms with Crippen LogP contribution in [0.25, 0.3) is 0 Å². The van der Waals surface area contributed by atoms with Gasteiger partial charge in [0.1, 0.15) is 0 Å². The first-order valence-electron chi connectivity index (χ1n) is 5.83. The zero-order valence-electron chi connectivity index (χ0n) is 11.2. The van der Waals surface area contributed by atoms with Crippen molar-refractivity contribution in [3.8, 4) is 0 Å². The normalized spacial score (nSPS) is 11.4. The number of hydrazine groups is 1. The van der Waals surface area contributed by atoms with Crippen LogP contribution in [-0.2, 0) is 4.79 Å². The van der Waals surface area contributed by atoms with Crippen LogP contribution < -0.4 is 10.9 Å². The standard InChI is InChI=1S/C14H17ClN2O2/c1-14(2,3)12(18)8-9-16-17-13(19)10-4-6-11(15)7-5-10/h4-9,16H,1-3H3,(H,17,19)/b9-8+. The summed E-state index contributed by atoms with van der Waals surface area (Å²) in [7, 11) is 0. The fraction of sp³-hybridized carbons (Fsp3) is 0.286. The molecule has 0 unspecified atom stereocenters. The summed E-state index contributed by atoms with van der Waals surface area (Å²) in [5, 5.41) is 0.570. The van der Waals surface area contributed by atoms with Gasteiger partial charge in [-0.05, 0) is 30.3 Å². The Morgan fingerprint density at radius 2 is 1.74 bits per heavy atom. The Bertz CT molecular complexity index is 487. The minimum Gasteiger partial charge on any atom is -0.306 e. The molecule has 0 aliphatic rings. The first-order chi connectivity index (χ1) is 8.80. The maximum atomic E-state index is 11.7. The van der Waals surface area contributed by atoms with Crippen LogP contribution in [-0.4, -0.2) is 11.7 Å². The Kier molecular flexibility index (Phi) is 5.12. The lowest BCUT2D eigenvalue weighted by atomic mass is 9.91. The van der Waals surface area contributed by atoms with Gasteiger partial charge in [0.05, 0.1) is 0 Å². The van der Waals surface area contributed by atoms with Crippen molar-refractivity contribution in [2.75, 3.05) is 0 Å². The third-order valence-electron chi connectivity index (χ3n) is 2.35. The van der Waals surface area contributed by atoms with E-state index in [-0.39, 0.29) is 11.7 Å². The second-order valence-electron chi connectivity index (χ2n) is 5.05. The van der Waals surface area contributed by atoms with Crippen LogP contribution in [0, 0.1) is 5.41 Å². The molecule has 0 aliphatic heterocycles. The van der Waals surface area contributed by atoms with Gasteiger partial charge in [-0.3, -0.25) is 15.0 Å². The molecule has 1 aromatic rings. The van der Waals surface area contributed by atoms with Crippen LogP contribution in [0.1, 0.15) is 31.1 Å². The van der Waals surface area contributed by atoms with E-state index >= 15 is 0 Å². The van der Waals surface area contributed by atoms with E-state index in [0.717, 1.165) is 0 Å². The Hall–Kier alpha value is -1.81. The van der Waals surface area contributed by atoms with Crippen LogP contribution in [0.15, 0.2) is 36.5 Å². The van der Waals surface area contributed by atoms with E-state index in [1.165, 1.54) is 12.3 Å². The van der Waals surface area contributed by atoms with Crippen molar-refractivity contribution in [1.82, 2.24) is 10.9 Å². The van der Waals surface area contributed by atoms with E-state index in [1.54, 1.807) is 24.3 Å². The number of benzene rings is 1. The van der Waals surface area contributed by atoms with Gasteiger partial charge >= 0.3 is 0 Å². The number of carbonyl (C=O) groups is 2. The van der Waals surface area contributed by atoms with Crippen LogP contribution in [0.5, 0.6) is 0 Å². The third-order valence-corrected chi connectivity index (χ3v) is 2.60. The third kappa shape index (κ3) is 5.14. The summed E-state index contributed by atoms with van der Waals surface area (Å²) in [6, 6.07) is 6.50. The van der Waals surface area contributed by atoms with E-state index < -0.39 is 5.41 Å². The van der Waals surface area contributed by atoms with Crippen molar-refractivity contribution in [3.63, 3.8) is 0 Å². The molecule has 1 aromatic carbocycles. The van der Waals surface area contributed by atoms with Gasteiger partial charge in [-0.2, -0.15) is 0 Å². The fourth-order valence-corrected chi connectivity index (χ4v) is 1.27. The van der Waals surface area contributed by atoms with Gasteiger partial charge in [0, 0.05) is 22.2 Å². The molecule has 0 aromatic heterocycles. The summed E-state index contributed by atoms with van der Waals surface area (Å²) < 4.78 is 0. The molecular weight excluding hydrogens is 264 g/mol. The van der Waals surface area contributed by atoms with Crippen molar-refractivity contribution in [1.29, 1.82) is 0 Å². The molecule has 1 amide bonds. The first-order valence-corrected chi connectivity index (χ1v) is 6.21. The van der Waals surface area contributed by atoms with Crippen molar-refractivity contribution < 1.29 is 9.59 Å². The molecule has 19 heavy (non-hydrogen) atoms. The number of rotatable bonds is 4. The number of ketones is 1. The maximum absolute atomic E-state index is 11.7. The molecule has 0 spiro atoms. The zero-order chi connectivity index (χ0) is 14.5. The van der Waals surface area contributed by atoms with Crippen molar-refractivity contribution in [2.45, 2.75) is 20.8 Å². The Labute approximate surface area is 117 Å². The fourth-order valence-electron chi connectivity index (χ4n) is 1.15. The van der Waals surface area contributed by atoms with Gasteiger partial charge in [-0.1, -0.05) is 32.4 Å². The van der Waals surface area contributed by atoms with Gasteiger partial charge in [0.2, 0.25) is 0 Å². The first kappa shape index (κ1) is 15.2. The second-order valence-corrected chi connectivity index (χ2v) is 5.49. The van der Waals surface area contributed by atoms with Crippen molar-refractivity contribution in [3.05, 3.63) is 47.1 Å². The van der Waals surface area contributed by atoms with Gasteiger partial charge in [0.15, 0.2) is 5.78 Å². The number of hydrogen-bond acceptors (Lipinski definition) is 3. The predicted octanol–water partition coefficient (Wildman–Crippen LogP) is 2.70. The van der Waals surface area contributed by atoms with Crippen molar-refractivity contribution >= 4 is 23.3 Å². The van der Waals surface area contributed by atoms with Gasteiger partial charge in [-0.15, -0.1) is 0 Å². The lowest BCUT2D eigenvalue weighted by molar-refractivity contribution is -0.121. The minimum atomic E-state index is -0.432. The highest BCUT2D eigenvalue weighted by Crippen LogP contribution is 2.14. The molecule has 0 saturated heterocycles. The zero-order valence-corrected chi connectivity index (χ0v) is 11.9. The highest BCUT2D eigenvalue weighted by atomic mass is 35.5. The van der Waals surface area contributed by atoms with E-state index in [0.29, 0.717) is 10.6 Å². The van der Waals surface area contributed by atoms with E-state index in [9.17, 15) is 9.59 Å². The number of nitrogens with one attached hydrogen (secondary N) is 2. The lowest BCUT2D eigenvalue weighted by Crippen LogP contribution is -2.33. The molecule has 5 heteroatoms. The highest BCUT2D eigenvalue weighted by Gasteiger charge is 2.17. The predicted molar refractivity (Wildman–Crippen MR) is 75.7 cm³/mol.